The van der Waals surface area contributed by atoms with Crippen LogP contribution in [0.4, 0.5) is 0 Å². The molecule has 1 aromatic heterocycles. The summed E-state index contributed by atoms with van der Waals surface area (Å²) in [6.45, 7) is 2.21. The Hall–Kier alpha value is -2.10. The van der Waals surface area contributed by atoms with Crippen LogP contribution in [0.3, 0.4) is 0 Å². The van der Waals surface area contributed by atoms with E-state index >= 15 is 0 Å². The zero-order valence-electron chi connectivity index (χ0n) is 15.7. The van der Waals surface area contributed by atoms with Crippen LogP contribution in [-0.4, -0.2) is 22.1 Å². The normalized spacial score (nSPS) is 16.8. The van der Waals surface area contributed by atoms with E-state index in [2.05, 4.69) is 27.8 Å². The van der Waals surface area contributed by atoms with Gasteiger partial charge in [-0.3, -0.25) is 0 Å². The molecule has 138 valence electrons. The van der Waals surface area contributed by atoms with Crippen LogP contribution in [-0.2, 0) is 24.0 Å². The lowest BCUT2D eigenvalue weighted by atomic mass is 9.85. The first-order chi connectivity index (χ1) is 12.8. The molecular weight excluding hydrogens is 324 g/mol. The lowest BCUT2D eigenvalue weighted by molar-refractivity contribution is 0.0518. The molecular formula is C22H28N2O2. The van der Waals surface area contributed by atoms with Crippen molar-refractivity contribution >= 4 is 5.97 Å². The average molecular weight is 352 g/mol. The SMILES string of the molecule is CCOC(=O)c1ncn2c1CCc1cc(CCC3CCCCC3)ccc1-2. The van der Waals surface area contributed by atoms with E-state index in [1.165, 1.54) is 56.1 Å². The molecule has 0 atom stereocenters. The predicted octanol–water partition coefficient (Wildman–Crippen LogP) is 4.66. The summed E-state index contributed by atoms with van der Waals surface area (Å²) in [5.41, 5.74) is 5.43. The molecule has 2 aliphatic rings. The van der Waals surface area contributed by atoms with E-state index in [1.807, 2.05) is 6.92 Å². The van der Waals surface area contributed by atoms with Gasteiger partial charge in [0.2, 0.25) is 0 Å². The summed E-state index contributed by atoms with van der Waals surface area (Å²) in [6, 6.07) is 6.82. The Morgan fingerprint density at radius 3 is 2.88 bits per heavy atom. The smallest absolute Gasteiger partial charge is 0.358 e. The topological polar surface area (TPSA) is 44.1 Å². The number of esters is 1. The molecule has 0 spiro atoms. The highest BCUT2D eigenvalue weighted by Crippen LogP contribution is 2.30. The Kier molecular flexibility index (Phi) is 5.09. The number of imidazole rings is 1. The van der Waals surface area contributed by atoms with Gasteiger partial charge < -0.3 is 9.30 Å². The van der Waals surface area contributed by atoms with Gasteiger partial charge in [0.1, 0.15) is 6.33 Å². The molecule has 26 heavy (non-hydrogen) atoms. The number of benzene rings is 1. The van der Waals surface area contributed by atoms with Gasteiger partial charge in [-0.2, -0.15) is 0 Å². The molecule has 1 saturated carbocycles. The van der Waals surface area contributed by atoms with Gasteiger partial charge in [0.25, 0.3) is 0 Å². The van der Waals surface area contributed by atoms with Crippen LogP contribution in [0.15, 0.2) is 24.5 Å². The second kappa shape index (κ2) is 7.65. The lowest BCUT2D eigenvalue weighted by Gasteiger charge is -2.23. The van der Waals surface area contributed by atoms with E-state index in [9.17, 15) is 4.79 Å². The number of hydrogen-bond acceptors (Lipinski definition) is 3. The van der Waals surface area contributed by atoms with Gasteiger partial charge in [-0.05, 0) is 55.7 Å². The Bertz CT molecular complexity index is 787. The Morgan fingerprint density at radius 2 is 2.08 bits per heavy atom. The van der Waals surface area contributed by atoms with Crippen LogP contribution in [0.5, 0.6) is 0 Å². The van der Waals surface area contributed by atoms with Crippen LogP contribution in [0.2, 0.25) is 0 Å². The molecule has 0 amide bonds. The third-order valence-electron chi connectivity index (χ3n) is 5.94. The summed E-state index contributed by atoms with van der Waals surface area (Å²) >= 11 is 0. The quantitative estimate of drug-likeness (QED) is 0.735. The molecule has 4 rings (SSSR count). The summed E-state index contributed by atoms with van der Waals surface area (Å²) in [7, 11) is 0. The fourth-order valence-electron chi connectivity index (χ4n) is 4.52. The molecule has 4 nitrogen and oxygen atoms in total. The van der Waals surface area contributed by atoms with E-state index in [-0.39, 0.29) is 5.97 Å². The summed E-state index contributed by atoms with van der Waals surface area (Å²) in [5.74, 6) is 0.612. The van der Waals surface area contributed by atoms with Crippen molar-refractivity contribution in [2.75, 3.05) is 6.61 Å². The van der Waals surface area contributed by atoms with E-state index in [1.54, 1.807) is 6.33 Å². The Labute approximate surface area is 155 Å². The second-order valence-electron chi connectivity index (χ2n) is 7.64. The molecule has 4 heteroatoms. The lowest BCUT2D eigenvalue weighted by Crippen LogP contribution is -2.16. The van der Waals surface area contributed by atoms with Gasteiger partial charge >= 0.3 is 5.97 Å². The van der Waals surface area contributed by atoms with Crippen molar-refractivity contribution in [3.63, 3.8) is 0 Å². The molecule has 1 aliphatic carbocycles. The standard InChI is InChI=1S/C22H28N2O2/c1-2-26-22(25)21-20-13-11-18-14-17(9-8-16-6-4-3-5-7-16)10-12-19(18)24(20)15-23-21/h10,12,14-16H,2-9,11,13H2,1H3. The van der Waals surface area contributed by atoms with Crippen LogP contribution < -0.4 is 0 Å². The van der Waals surface area contributed by atoms with Crippen molar-refractivity contribution in [2.24, 2.45) is 5.92 Å². The van der Waals surface area contributed by atoms with E-state index in [0.717, 1.165) is 30.1 Å². The second-order valence-corrected chi connectivity index (χ2v) is 7.64. The number of hydrogen-bond donors (Lipinski definition) is 0. The minimum Gasteiger partial charge on any atom is -0.461 e. The molecule has 0 unspecified atom stereocenters. The zero-order valence-corrected chi connectivity index (χ0v) is 15.7. The molecule has 1 aromatic carbocycles. The number of aryl methyl sites for hydroxylation is 2. The fraction of sp³-hybridized carbons (Fsp3) is 0.545. The third kappa shape index (κ3) is 3.42. The molecule has 0 bridgehead atoms. The highest BCUT2D eigenvalue weighted by Gasteiger charge is 2.24. The van der Waals surface area contributed by atoms with Crippen molar-refractivity contribution in [2.45, 2.75) is 64.7 Å². The number of fused-ring (bicyclic) bond motifs is 3. The molecule has 1 aliphatic heterocycles. The van der Waals surface area contributed by atoms with Crippen LogP contribution in [0.1, 0.15) is 72.8 Å². The summed E-state index contributed by atoms with van der Waals surface area (Å²) in [5, 5.41) is 0. The van der Waals surface area contributed by atoms with Crippen molar-refractivity contribution in [1.82, 2.24) is 9.55 Å². The molecule has 0 saturated heterocycles. The first kappa shape index (κ1) is 17.3. The van der Waals surface area contributed by atoms with Crippen LogP contribution in [0, 0.1) is 5.92 Å². The Balaban J connectivity index is 1.50. The zero-order chi connectivity index (χ0) is 17.9. The predicted molar refractivity (Wildman–Crippen MR) is 102 cm³/mol. The van der Waals surface area contributed by atoms with Crippen LogP contribution in [0.25, 0.3) is 5.69 Å². The number of ether oxygens (including phenoxy) is 1. The number of nitrogens with zero attached hydrogens (tertiary/aromatic N) is 2. The van der Waals surface area contributed by atoms with Crippen molar-refractivity contribution in [1.29, 1.82) is 0 Å². The van der Waals surface area contributed by atoms with Gasteiger partial charge in [-0.15, -0.1) is 0 Å². The molecule has 0 radical (unpaired) electrons. The first-order valence-electron chi connectivity index (χ1n) is 10.1. The summed E-state index contributed by atoms with van der Waals surface area (Å²) in [4.78, 5) is 16.4. The highest BCUT2D eigenvalue weighted by molar-refractivity contribution is 5.89. The molecule has 1 fully saturated rings. The molecule has 2 aromatic rings. The maximum atomic E-state index is 12.1. The van der Waals surface area contributed by atoms with Gasteiger partial charge in [0.05, 0.1) is 18.0 Å². The van der Waals surface area contributed by atoms with Gasteiger partial charge in [-0.1, -0.05) is 44.2 Å². The van der Waals surface area contributed by atoms with Crippen molar-refractivity contribution < 1.29 is 9.53 Å². The van der Waals surface area contributed by atoms with E-state index in [0.29, 0.717) is 12.3 Å². The number of aromatic nitrogens is 2. The maximum Gasteiger partial charge on any atom is 0.358 e. The van der Waals surface area contributed by atoms with Crippen molar-refractivity contribution in [3.05, 3.63) is 47.0 Å². The van der Waals surface area contributed by atoms with Gasteiger partial charge in [0, 0.05) is 0 Å². The molecule has 0 N–H and O–H groups in total. The number of carbonyl (C=O) groups excluding carboxylic acids is 1. The minimum absolute atomic E-state index is 0.311. The number of carbonyl (C=O) groups is 1. The fourth-order valence-corrected chi connectivity index (χ4v) is 4.52. The average Bonchev–Trinajstić information content (AvgIpc) is 3.12. The Morgan fingerprint density at radius 1 is 1.23 bits per heavy atom. The summed E-state index contributed by atoms with van der Waals surface area (Å²) < 4.78 is 7.20. The van der Waals surface area contributed by atoms with Gasteiger partial charge in [-0.25, -0.2) is 9.78 Å². The molecule has 2 heterocycles. The maximum absolute atomic E-state index is 12.1. The van der Waals surface area contributed by atoms with E-state index in [4.69, 9.17) is 4.74 Å². The van der Waals surface area contributed by atoms with Gasteiger partial charge in [0.15, 0.2) is 5.69 Å². The first-order valence-corrected chi connectivity index (χ1v) is 10.1. The minimum atomic E-state index is -0.311. The van der Waals surface area contributed by atoms with Crippen LogP contribution >= 0.6 is 0 Å². The summed E-state index contributed by atoms with van der Waals surface area (Å²) in [6.07, 6.45) is 13.2. The largest absolute Gasteiger partial charge is 0.461 e. The third-order valence-corrected chi connectivity index (χ3v) is 5.94. The van der Waals surface area contributed by atoms with Crippen molar-refractivity contribution in [3.8, 4) is 5.69 Å². The monoisotopic (exact) mass is 352 g/mol. The van der Waals surface area contributed by atoms with E-state index < -0.39 is 0 Å². The number of rotatable bonds is 5. The highest BCUT2D eigenvalue weighted by atomic mass is 16.5.